The molecule has 0 radical (unpaired) electrons. The van der Waals surface area contributed by atoms with Gasteiger partial charge in [0.1, 0.15) is 0 Å². The second-order valence-electron chi connectivity index (χ2n) is 7.22. The van der Waals surface area contributed by atoms with E-state index in [4.69, 9.17) is 4.74 Å². The first-order valence-corrected chi connectivity index (χ1v) is 10.4. The van der Waals surface area contributed by atoms with Crippen LogP contribution in [0, 0.1) is 5.92 Å². The van der Waals surface area contributed by atoms with Crippen molar-refractivity contribution in [2.75, 3.05) is 20.2 Å². The summed E-state index contributed by atoms with van der Waals surface area (Å²) in [5.41, 5.74) is 0.733. The zero-order valence-corrected chi connectivity index (χ0v) is 16.7. The molecule has 1 saturated heterocycles. The highest BCUT2D eigenvalue weighted by Crippen LogP contribution is 2.26. The lowest BCUT2D eigenvalue weighted by Gasteiger charge is -2.31. The number of carbonyl (C=O) groups excluding carboxylic acids is 2. The summed E-state index contributed by atoms with van der Waals surface area (Å²) < 4.78 is 5.14. The second kappa shape index (κ2) is 8.25. The predicted molar refractivity (Wildman–Crippen MR) is 112 cm³/mol. The fourth-order valence-electron chi connectivity index (χ4n) is 3.82. The maximum atomic E-state index is 13.1. The fraction of sp³-hybridized carbons (Fsp3) is 0.304. The Hall–Kier alpha value is -2.50. The van der Waals surface area contributed by atoms with Crippen LogP contribution in [0.2, 0.25) is 0 Å². The first-order chi connectivity index (χ1) is 13.7. The minimum Gasteiger partial charge on any atom is -0.379 e. The largest absolute Gasteiger partial charge is 0.379 e. The Kier molecular flexibility index (Phi) is 5.55. The number of hydrogen-bond acceptors (Lipinski definition) is 4. The molecular weight excluding hydrogens is 370 g/mol. The van der Waals surface area contributed by atoms with Crippen LogP contribution in [0.1, 0.15) is 37.7 Å². The van der Waals surface area contributed by atoms with Crippen molar-refractivity contribution in [1.82, 2.24) is 4.90 Å². The minimum atomic E-state index is -0.141. The first kappa shape index (κ1) is 18.8. The molecule has 5 heteroatoms. The molecule has 3 aromatic rings. The number of thiophene rings is 1. The molecule has 1 aliphatic heterocycles. The van der Waals surface area contributed by atoms with Crippen molar-refractivity contribution in [3.8, 4) is 0 Å². The molecule has 2 aromatic carbocycles. The van der Waals surface area contributed by atoms with E-state index in [9.17, 15) is 9.59 Å². The molecule has 1 aliphatic rings. The molecule has 1 unspecified atom stereocenters. The van der Waals surface area contributed by atoms with E-state index in [1.807, 2.05) is 59.5 Å². The van der Waals surface area contributed by atoms with E-state index in [-0.39, 0.29) is 17.6 Å². The molecule has 4 nitrogen and oxygen atoms in total. The number of methoxy groups -OCH3 is 1. The van der Waals surface area contributed by atoms with Crippen molar-refractivity contribution in [1.29, 1.82) is 0 Å². The summed E-state index contributed by atoms with van der Waals surface area (Å²) in [6, 6.07) is 17.7. The number of amides is 1. The molecule has 1 atom stereocenters. The van der Waals surface area contributed by atoms with Gasteiger partial charge in [-0.2, -0.15) is 0 Å². The van der Waals surface area contributed by atoms with Crippen molar-refractivity contribution in [2.24, 2.45) is 5.92 Å². The van der Waals surface area contributed by atoms with Crippen LogP contribution in [0.4, 0.5) is 0 Å². The first-order valence-electron chi connectivity index (χ1n) is 9.55. The van der Waals surface area contributed by atoms with Gasteiger partial charge in [-0.15, -0.1) is 11.3 Å². The summed E-state index contributed by atoms with van der Waals surface area (Å²) in [5.74, 6) is 0.00939. The summed E-state index contributed by atoms with van der Waals surface area (Å²) in [7, 11) is 1.65. The summed E-state index contributed by atoms with van der Waals surface area (Å²) >= 11 is 1.47. The number of hydrogen-bond donors (Lipinski definition) is 0. The number of ketones is 1. The van der Waals surface area contributed by atoms with E-state index >= 15 is 0 Å². The Bertz CT molecular complexity index is 1010. The van der Waals surface area contributed by atoms with Crippen LogP contribution in [0.15, 0.2) is 54.6 Å². The molecule has 28 heavy (non-hydrogen) atoms. The highest BCUT2D eigenvalue weighted by molar-refractivity contribution is 7.14. The normalized spacial score (nSPS) is 17.0. The van der Waals surface area contributed by atoms with E-state index in [1.54, 1.807) is 7.11 Å². The van der Waals surface area contributed by atoms with Crippen molar-refractivity contribution >= 4 is 33.8 Å². The maximum absolute atomic E-state index is 13.1. The molecule has 1 fully saturated rings. The molecule has 0 N–H and O–H groups in total. The number of Topliss-reactive ketones (excluding diaryl/α,β-unsaturated/α-hetero) is 1. The van der Waals surface area contributed by atoms with Gasteiger partial charge in [0.25, 0.3) is 5.91 Å². The molecule has 0 spiro atoms. The molecular formula is C23H23NO3S. The molecule has 0 saturated carbocycles. The van der Waals surface area contributed by atoms with Gasteiger partial charge < -0.3 is 9.64 Å². The van der Waals surface area contributed by atoms with Crippen LogP contribution >= 0.6 is 11.3 Å². The zero-order chi connectivity index (χ0) is 19.5. The zero-order valence-electron chi connectivity index (χ0n) is 15.9. The Balaban J connectivity index is 1.49. The van der Waals surface area contributed by atoms with Crippen molar-refractivity contribution in [3.63, 3.8) is 0 Å². The minimum absolute atomic E-state index is 0.0170. The lowest BCUT2D eigenvalue weighted by molar-refractivity contribution is 0.0641. The number of rotatable bonds is 5. The van der Waals surface area contributed by atoms with Gasteiger partial charge in [-0.3, -0.25) is 9.59 Å². The molecule has 1 aromatic heterocycles. The standard InChI is InChI=1S/C23H23NO3S/c1-27-15-20-10-11-21(28-20)23(26)24-12-4-7-19(14-24)22(25)18-9-8-16-5-2-3-6-17(16)13-18/h2-3,5-6,8-11,13,19H,4,7,12,14-15H2,1H3. The van der Waals surface area contributed by atoms with E-state index in [0.717, 1.165) is 34.1 Å². The van der Waals surface area contributed by atoms with E-state index in [0.29, 0.717) is 24.6 Å². The Morgan fingerprint density at radius 3 is 2.75 bits per heavy atom. The number of piperidine rings is 1. The van der Waals surface area contributed by atoms with E-state index < -0.39 is 0 Å². The average molecular weight is 394 g/mol. The number of likely N-dealkylation sites (tertiary alicyclic amines) is 1. The fourth-order valence-corrected chi connectivity index (χ4v) is 4.77. The molecule has 144 valence electrons. The van der Waals surface area contributed by atoms with Crippen LogP contribution in [-0.2, 0) is 11.3 Å². The van der Waals surface area contributed by atoms with Gasteiger partial charge in [-0.25, -0.2) is 0 Å². The van der Waals surface area contributed by atoms with Gasteiger partial charge in [0.2, 0.25) is 0 Å². The number of benzene rings is 2. The van der Waals surface area contributed by atoms with Crippen molar-refractivity contribution < 1.29 is 14.3 Å². The van der Waals surface area contributed by atoms with Gasteiger partial charge in [-0.1, -0.05) is 36.4 Å². The number of fused-ring (bicyclic) bond motifs is 1. The average Bonchev–Trinajstić information content (AvgIpc) is 3.21. The van der Waals surface area contributed by atoms with Crippen LogP contribution in [0.5, 0.6) is 0 Å². The Morgan fingerprint density at radius 2 is 1.93 bits per heavy atom. The quantitative estimate of drug-likeness (QED) is 0.586. The topological polar surface area (TPSA) is 46.6 Å². The number of nitrogens with zero attached hydrogens (tertiary/aromatic N) is 1. The van der Waals surface area contributed by atoms with Crippen LogP contribution in [0.3, 0.4) is 0 Å². The van der Waals surface area contributed by atoms with E-state index in [2.05, 4.69) is 0 Å². The lowest BCUT2D eigenvalue weighted by Crippen LogP contribution is -2.42. The summed E-state index contributed by atoms with van der Waals surface area (Å²) in [4.78, 5) is 29.5. The maximum Gasteiger partial charge on any atom is 0.263 e. The number of ether oxygens (including phenoxy) is 1. The summed E-state index contributed by atoms with van der Waals surface area (Å²) in [5, 5.41) is 2.20. The summed E-state index contributed by atoms with van der Waals surface area (Å²) in [6.07, 6.45) is 1.68. The van der Waals surface area contributed by atoms with Crippen LogP contribution in [-0.4, -0.2) is 36.8 Å². The third-order valence-corrected chi connectivity index (χ3v) is 6.32. The Morgan fingerprint density at radius 1 is 1.11 bits per heavy atom. The smallest absolute Gasteiger partial charge is 0.263 e. The molecule has 4 rings (SSSR count). The van der Waals surface area contributed by atoms with E-state index in [1.165, 1.54) is 11.3 Å². The third kappa shape index (κ3) is 3.86. The second-order valence-corrected chi connectivity index (χ2v) is 8.38. The SMILES string of the molecule is COCc1ccc(C(=O)N2CCCC(C(=O)c3ccc4ccccc4c3)C2)s1. The number of carbonyl (C=O) groups is 2. The molecule has 0 aliphatic carbocycles. The van der Waals surface area contributed by atoms with Crippen LogP contribution in [0.25, 0.3) is 10.8 Å². The highest BCUT2D eigenvalue weighted by Gasteiger charge is 2.30. The van der Waals surface area contributed by atoms with Gasteiger partial charge >= 0.3 is 0 Å². The van der Waals surface area contributed by atoms with Crippen LogP contribution < -0.4 is 0 Å². The van der Waals surface area contributed by atoms with Gasteiger partial charge in [0.05, 0.1) is 11.5 Å². The van der Waals surface area contributed by atoms with Crippen molar-refractivity contribution in [2.45, 2.75) is 19.4 Å². The molecule has 2 heterocycles. The van der Waals surface area contributed by atoms with Gasteiger partial charge in [-0.05, 0) is 41.8 Å². The third-order valence-electron chi connectivity index (χ3n) is 5.27. The molecule has 0 bridgehead atoms. The summed E-state index contributed by atoms with van der Waals surface area (Å²) in [6.45, 7) is 1.71. The predicted octanol–water partition coefficient (Wildman–Crippen LogP) is 4.78. The van der Waals surface area contributed by atoms with Crippen molar-refractivity contribution in [3.05, 3.63) is 69.9 Å². The monoisotopic (exact) mass is 393 g/mol. The van der Waals surface area contributed by atoms with Gasteiger partial charge in [0.15, 0.2) is 5.78 Å². The van der Waals surface area contributed by atoms with Gasteiger partial charge in [0, 0.05) is 36.6 Å². The lowest BCUT2D eigenvalue weighted by atomic mass is 9.89. The highest BCUT2D eigenvalue weighted by atomic mass is 32.1. The Labute approximate surface area is 168 Å². The molecule has 1 amide bonds.